The van der Waals surface area contributed by atoms with E-state index in [9.17, 15) is 22.0 Å². The summed E-state index contributed by atoms with van der Waals surface area (Å²) in [5.74, 6) is -1.17. The summed E-state index contributed by atoms with van der Waals surface area (Å²) in [5, 5.41) is 6.62. The van der Waals surface area contributed by atoms with Crippen LogP contribution in [0.15, 0.2) is 45.8 Å². The van der Waals surface area contributed by atoms with Gasteiger partial charge in [-0.05, 0) is 44.1 Å². The van der Waals surface area contributed by atoms with Crippen LogP contribution in [-0.4, -0.2) is 51.1 Å². The number of hydrogen-bond acceptors (Lipinski definition) is 7. The zero-order valence-electron chi connectivity index (χ0n) is 21.0. The molecule has 0 spiro atoms. The van der Waals surface area contributed by atoms with Crippen molar-refractivity contribution in [3.05, 3.63) is 65.1 Å². The maximum Gasteiger partial charge on any atom is 0.248 e. The number of sulfonamides is 1. The zero-order chi connectivity index (χ0) is 27.4. The highest BCUT2D eigenvalue weighted by Gasteiger charge is 2.36. The van der Waals surface area contributed by atoms with Crippen LogP contribution in [0.1, 0.15) is 29.9 Å². The third kappa shape index (κ3) is 5.86. The largest absolute Gasteiger partial charge is 0.497 e. The summed E-state index contributed by atoms with van der Waals surface area (Å²) in [5.41, 5.74) is 0.718. The van der Waals surface area contributed by atoms with Gasteiger partial charge in [0, 0.05) is 54.5 Å². The van der Waals surface area contributed by atoms with E-state index in [4.69, 9.17) is 14.0 Å². The Labute approximate surface area is 219 Å². The first-order valence-electron chi connectivity index (χ1n) is 11.8. The van der Waals surface area contributed by atoms with E-state index in [0.717, 1.165) is 12.1 Å². The van der Waals surface area contributed by atoms with Gasteiger partial charge in [-0.1, -0.05) is 5.16 Å². The van der Waals surface area contributed by atoms with Gasteiger partial charge in [0.25, 0.3) is 0 Å². The van der Waals surface area contributed by atoms with Crippen LogP contribution in [0.5, 0.6) is 11.5 Å². The van der Waals surface area contributed by atoms with Crippen LogP contribution in [0.4, 0.5) is 14.5 Å². The molecule has 0 bridgehead atoms. The van der Waals surface area contributed by atoms with Gasteiger partial charge < -0.3 is 19.3 Å². The molecular weight excluding hydrogens is 520 g/mol. The molecule has 4 rings (SSSR count). The number of halogens is 2. The maximum atomic E-state index is 14.0. The van der Waals surface area contributed by atoms with Gasteiger partial charge in [-0.15, -0.1) is 0 Å². The van der Waals surface area contributed by atoms with Crippen molar-refractivity contribution < 1.29 is 36.0 Å². The number of benzene rings is 2. The summed E-state index contributed by atoms with van der Waals surface area (Å²) in [4.78, 5) is 12.7. The normalized spacial score (nSPS) is 15.1. The smallest absolute Gasteiger partial charge is 0.248 e. The molecule has 2 heterocycles. The minimum absolute atomic E-state index is 0.0595. The van der Waals surface area contributed by atoms with Crippen LogP contribution in [0.3, 0.4) is 0 Å². The van der Waals surface area contributed by atoms with Crippen molar-refractivity contribution in [1.82, 2.24) is 9.46 Å². The lowest BCUT2D eigenvalue weighted by Gasteiger charge is -2.30. The van der Waals surface area contributed by atoms with Crippen molar-refractivity contribution in [2.75, 3.05) is 32.6 Å². The minimum Gasteiger partial charge on any atom is -0.497 e. The van der Waals surface area contributed by atoms with E-state index in [1.54, 1.807) is 18.2 Å². The quantitative estimate of drug-likeness (QED) is 0.442. The van der Waals surface area contributed by atoms with Crippen molar-refractivity contribution in [3.63, 3.8) is 0 Å². The third-order valence-electron chi connectivity index (χ3n) is 6.25. The topological polar surface area (TPSA) is 111 Å². The summed E-state index contributed by atoms with van der Waals surface area (Å²) < 4.78 is 71.0. The molecule has 0 radical (unpaired) electrons. The number of aryl methyl sites for hydroxylation is 1. The summed E-state index contributed by atoms with van der Waals surface area (Å²) in [6, 6.07) is 8.08. The Morgan fingerprint density at radius 1 is 1.08 bits per heavy atom. The molecular formula is C26H27F2N3O6S. The Morgan fingerprint density at radius 2 is 1.74 bits per heavy atom. The van der Waals surface area contributed by atoms with Gasteiger partial charge in [-0.2, -0.15) is 4.31 Å². The van der Waals surface area contributed by atoms with Crippen molar-refractivity contribution in [3.8, 4) is 11.5 Å². The average molecular weight is 548 g/mol. The molecule has 1 saturated heterocycles. The van der Waals surface area contributed by atoms with E-state index in [2.05, 4.69) is 10.5 Å². The van der Waals surface area contributed by atoms with E-state index in [-0.39, 0.29) is 40.9 Å². The van der Waals surface area contributed by atoms with Gasteiger partial charge in [-0.25, -0.2) is 17.2 Å². The van der Waals surface area contributed by atoms with Crippen LogP contribution in [-0.2, 0) is 14.8 Å². The molecule has 1 aliphatic heterocycles. The predicted octanol–water partition coefficient (Wildman–Crippen LogP) is 4.49. The molecule has 202 valence electrons. The Balaban J connectivity index is 1.45. The highest BCUT2D eigenvalue weighted by molar-refractivity contribution is 7.89. The number of carbonyl (C=O) groups excluding carboxylic acids is 1. The van der Waals surface area contributed by atoms with Crippen LogP contribution >= 0.6 is 0 Å². The number of ether oxygens (including phenoxy) is 2. The number of amides is 1. The molecule has 1 N–H and O–H groups in total. The standard InChI is InChI=1S/C26H27F2N3O6S/c1-16-25(24(37-30-16)7-5-17-4-6-19(27)12-23(17)28)38(33,34)31-10-8-18(9-11-31)26(32)29-20-13-21(35-2)15-22(14-20)36-3/h4-7,12-15,18H,8-11H2,1-3H3,(H,29,32)/b7-5+. The summed E-state index contributed by atoms with van der Waals surface area (Å²) in [6.07, 6.45) is 3.19. The molecule has 38 heavy (non-hydrogen) atoms. The molecule has 0 unspecified atom stereocenters. The number of carbonyl (C=O) groups is 1. The summed E-state index contributed by atoms with van der Waals surface area (Å²) in [6.45, 7) is 1.72. The SMILES string of the molecule is COc1cc(NC(=O)C2CCN(S(=O)(=O)c3c(C)noc3/C=C/c3ccc(F)cc3F)CC2)cc(OC)c1. The first kappa shape index (κ1) is 27.3. The molecule has 0 atom stereocenters. The van der Waals surface area contributed by atoms with E-state index in [1.807, 2.05) is 0 Å². The van der Waals surface area contributed by atoms with Crippen LogP contribution < -0.4 is 14.8 Å². The predicted molar refractivity (Wildman–Crippen MR) is 136 cm³/mol. The number of anilines is 1. The highest BCUT2D eigenvalue weighted by Crippen LogP contribution is 2.31. The van der Waals surface area contributed by atoms with Crippen molar-refractivity contribution in [1.29, 1.82) is 0 Å². The number of nitrogens with zero attached hydrogens (tertiary/aromatic N) is 2. The van der Waals surface area contributed by atoms with Gasteiger partial charge in [0.2, 0.25) is 15.9 Å². The molecule has 1 amide bonds. The molecule has 3 aromatic rings. The average Bonchev–Trinajstić information content (AvgIpc) is 3.28. The van der Waals surface area contributed by atoms with E-state index >= 15 is 0 Å². The maximum absolute atomic E-state index is 14.0. The highest BCUT2D eigenvalue weighted by atomic mass is 32.2. The number of nitrogens with one attached hydrogen (secondary N) is 1. The summed E-state index contributed by atoms with van der Waals surface area (Å²) in [7, 11) is -1.000. The second-order valence-electron chi connectivity index (χ2n) is 8.73. The molecule has 2 aromatic carbocycles. The second-order valence-corrected chi connectivity index (χ2v) is 10.6. The van der Waals surface area contributed by atoms with Crippen molar-refractivity contribution in [2.45, 2.75) is 24.7 Å². The Morgan fingerprint density at radius 3 is 2.34 bits per heavy atom. The first-order valence-corrected chi connectivity index (χ1v) is 13.2. The number of hydrogen-bond donors (Lipinski definition) is 1. The fourth-order valence-electron chi connectivity index (χ4n) is 4.21. The molecule has 9 nitrogen and oxygen atoms in total. The van der Waals surface area contributed by atoms with E-state index in [0.29, 0.717) is 30.0 Å². The van der Waals surface area contributed by atoms with Gasteiger partial charge in [0.1, 0.15) is 28.8 Å². The minimum atomic E-state index is -4.02. The Hall–Kier alpha value is -3.77. The Kier molecular flexibility index (Phi) is 8.12. The van der Waals surface area contributed by atoms with Gasteiger partial charge >= 0.3 is 0 Å². The van der Waals surface area contributed by atoms with Gasteiger partial charge in [0.15, 0.2) is 10.7 Å². The first-order chi connectivity index (χ1) is 18.1. The molecule has 12 heteroatoms. The second kappa shape index (κ2) is 11.3. The van der Waals surface area contributed by atoms with Crippen molar-refractivity contribution in [2.24, 2.45) is 5.92 Å². The number of rotatable bonds is 8. The van der Waals surface area contributed by atoms with Crippen LogP contribution in [0.25, 0.3) is 12.2 Å². The van der Waals surface area contributed by atoms with Gasteiger partial charge in [-0.3, -0.25) is 4.79 Å². The fraction of sp³-hybridized carbons (Fsp3) is 0.308. The van der Waals surface area contributed by atoms with E-state index < -0.39 is 27.6 Å². The van der Waals surface area contributed by atoms with Crippen LogP contribution in [0, 0.1) is 24.5 Å². The Bertz CT molecular complexity index is 1440. The number of piperidine rings is 1. The third-order valence-corrected chi connectivity index (χ3v) is 8.31. The summed E-state index contributed by atoms with van der Waals surface area (Å²) >= 11 is 0. The monoisotopic (exact) mass is 547 g/mol. The number of methoxy groups -OCH3 is 2. The van der Waals surface area contributed by atoms with Gasteiger partial charge in [0.05, 0.1) is 14.2 Å². The lowest BCUT2D eigenvalue weighted by Crippen LogP contribution is -2.41. The van der Waals surface area contributed by atoms with Crippen LogP contribution in [0.2, 0.25) is 0 Å². The molecule has 1 fully saturated rings. The molecule has 1 aliphatic rings. The molecule has 1 aromatic heterocycles. The lowest BCUT2D eigenvalue weighted by atomic mass is 9.97. The number of aromatic nitrogens is 1. The molecule has 0 aliphatic carbocycles. The van der Waals surface area contributed by atoms with E-state index in [1.165, 1.54) is 43.7 Å². The molecule has 0 saturated carbocycles. The lowest BCUT2D eigenvalue weighted by molar-refractivity contribution is -0.120. The van der Waals surface area contributed by atoms with Crippen molar-refractivity contribution >= 4 is 33.8 Å². The zero-order valence-corrected chi connectivity index (χ0v) is 21.8. The fourth-order valence-corrected chi connectivity index (χ4v) is 5.93.